The predicted molar refractivity (Wildman–Crippen MR) is 94.3 cm³/mol. The lowest BCUT2D eigenvalue weighted by molar-refractivity contribution is -0.387. The van der Waals surface area contributed by atoms with E-state index in [1.54, 1.807) is 20.8 Å². The number of sulfonamides is 1. The summed E-state index contributed by atoms with van der Waals surface area (Å²) >= 11 is 0. The molecule has 9 nitrogen and oxygen atoms in total. The maximum Gasteiger partial charge on any atom is 0.410 e. The summed E-state index contributed by atoms with van der Waals surface area (Å²) in [6.45, 7) is 5.79. The van der Waals surface area contributed by atoms with Gasteiger partial charge in [0.1, 0.15) is 5.60 Å². The van der Waals surface area contributed by atoms with E-state index in [0.717, 1.165) is 10.4 Å². The number of likely N-dealkylation sites (N-methyl/N-ethyl adjacent to an activating group) is 1. The zero-order valence-electron chi connectivity index (χ0n) is 15.2. The van der Waals surface area contributed by atoms with Gasteiger partial charge in [0.15, 0.2) is 4.90 Å². The molecular formula is C16H23N3O6S. The number of ether oxygens (including phenoxy) is 1. The van der Waals surface area contributed by atoms with E-state index in [0.29, 0.717) is 13.0 Å². The molecule has 1 aromatic rings. The van der Waals surface area contributed by atoms with Crippen LogP contribution in [0.2, 0.25) is 0 Å². The molecule has 10 heteroatoms. The van der Waals surface area contributed by atoms with E-state index in [9.17, 15) is 23.3 Å². The molecule has 1 heterocycles. The number of hydrogen-bond donors (Lipinski definition) is 0. The summed E-state index contributed by atoms with van der Waals surface area (Å²) < 4.78 is 32.1. The van der Waals surface area contributed by atoms with Gasteiger partial charge in [0.25, 0.3) is 5.69 Å². The molecular weight excluding hydrogens is 362 g/mol. The molecule has 1 aliphatic heterocycles. The molecule has 0 radical (unpaired) electrons. The Bertz CT molecular complexity index is 802. The summed E-state index contributed by atoms with van der Waals surface area (Å²) in [6.07, 6.45) is -0.0771. The van der Waals surface area contributed by atoms with Gasteiger partial charge in [0.05, 0.1) is 4.92 Å². The minimum atomic E-state index is -4.07. The molecule has 0 spiro atoms. The van der Waals surface area contributed by atoms with E-state index in [2.05, 4.69) is 0 Å². The average Bonchev–Trinajstić information content (AvgIpc) is 3.02. The number of amides is 1. The van der Waals surface area contributed by atoms with Gasteiger partial charge in [-0.3, -0.25) is 10.1 Å². The fourth-order valence-corrected chi connectivity index (χ4v) is 4.24. The lowest BCUT2D eigenvalue weighted by Gasteiger charge is -2.26. The van der Waals surface area contributed by atoms with Crippen LogP contribution in [-0.4, -0.2) is 60.4 Å². The highest BCUT2D eigenvalue weighted by Crippen LogP contribution is 2.29. The van der Waals surface area contributed by atoms with E-state index in [4.69, 9.17) is 4.74 Å². The van der Waals surface area contributed by atoms with Crippen molar-refractivity contribution in [3.63, 3.8) is 0 Å². The first kappa shape index (κ1) is 20.1. The number of nitrogens with zero attached hydrogens (tertiary/aromatic N) is 3. The van der Waals surface area contributed by atoms with Gasteiger partial charge in [-0.1, -0.05) is 12.1 Å². The summed E-state index contributed by atoms with van der Waals surface area (Å²) in [5.74, 6) is 0. The molecule has 144 valence electrons. The Labute approximate surface area is 152 Å². The minimum absolute atomic E-state index is 0.172. The van der Waals surface area contributed by atoms with Gasteiger partial charge >= 0.3 is 6.09 Å². The smallest absolute Gasteiger partial charge is 0.410 e. The quantitative estimate of drug-likeness (QED) is 0.580. The van der Waals surface area contributed by atoms with Crippen LogP contribution in [0.5, 0.6) is 0 Å². The first-order chi connectivity index (χ1) is 11.9. The zero-order chi connectivity index (χ0) is 19.7. The molecule has 1 unspecified atom stereocenters. The van der Waals surface area contributed by atoms with E-state index >= 15 is 0 Å². The monoisotopic (exact) mass is 385 g/mol. The van der Waals surface area contributed by atoms with Crippen molar-refractivity contribution in [3.8, 4) is 0 Å². The number of likely N-dealkylation sites (tertiary alicyclic amines) is 1. The Balaban J connectivity index is 2.18. The van der Waals surface area contributed by atoms with Crippen LogP contribution in [0.4, 0.5) is 10.5 Å². The van der Waals surface area contributed by atoms with Crippen molar-refractivity contribution < 1.29 is 22.9 Å². The van der Waals surface area contributed by atoms with Gasteiger partial charge in [0, 0.05) is 32.2 Å². The van der Waals surface area contributed by atoms with Gasteiger partial charge in [-0.15, -0.1) is 0 Å². The third-order valence-corrected chi connectivity index (χ3v) is 6.01. The first-order valence-corrected chi connectivity index (χ1v) is 9.57. The summed E-state index contributed by atoms with van der Waals surface area (Å²) in [4.78, 5) is 23.6. The Hall–Kier alpha value is -2.20. The standard InChI is InChI=1S/C16H23N3O6S/c1-16(2,3)25-15(20)18-10-9-12(11-18)17(4)26(23,24)14-8-6-5-7-13(14)19(21)22/h5-8,12H,9-11H2,1-4H3. The normalized spacial score (nSPS) is 18.2. The molecule has 1 atom stereocenters. The van der Waals surface area contributed by atoms with Crippen molar-refractivity contribution in [2.24, 2.45) is 0 Å². The largest absolute Gasteiger partial charge is 0.444 e. The van der Waals surface area contributed by atoms with Crippen LogP contribution < -0.4 is 0 Å². The van der Waals surface area contributed by atoms with Crippen molar-refractivity contribution in [1.29, 1.82) is 0 Å². The molecule has 1 saturated heterocycles. The summed E-state index contributed by atoms with van der Waals surface area (Å²) in [5.41, 5.74) is -1.11. The maximum absolute atomic E-state index is 12.8. The summed E-state index contributed by atoms with van der Waals surface area (Å²) in [7, 11) is -2.70. The van der Waals surface area contributed by atoms with Crippen LogP contribution >= 0.6 is 0 Å². The second-order valence-corrected chi connectivity index (χ2v) is 9.08. The topological polar surface area (TPSA) is 110 Å². The van der Waals surface area contributed by atoms with Gasteiger partial charge in [-0.25, -0.2) is 13.2 Å². The third-order valence-electron chi connectivity index (χ3n) is 4.05. The van der Waals surface area contributed by atoms with Gasteiger partial charge < -0.3 is 9.64 Å². The predicted octanol–water partition coefficient (Wildman–Crippen LogP) is 2.22. The number of nitro groups is 1. The highest BCUT2D eigenvalue weighted by atomic mass is 32.2. The molecule has 26 heavy (non-hydrogen) atoms. The van der Waals surface area contributed by atoms with Crippen molar-refractivity contribution in [1.82, 2.24) is 9.21 Å². The molecule has 0 saturated carbocycles. The van der Waals surface area contributed by atoms with E-state index in [1.165, 1.54) is 30.1 Å². The highest BCUT2D eigenvalue weighted by Gasteiger charge is 2.38. The first-order valence-electron chi connectivity index (χ1n) is 8.13. The number of benzene rings is 1. The number of carbonyl (C=O) groups excluding carboxylic acids is 1. The van der Waals surface area contributed by atoms with Gasteiger partial charge in [-0.2, -0.15) is 4.31 Å². The van der Waals surface area contributed by atoms with Crippen molar-refractivity contribution >= 4 is 21.8 Å². The van der Waals surface area contributed by atoms with Crippen LogP contribution in [0.15, 0.2) is 29.2 Å². The maximum atomic E-state index is 12.8. The Morgan fingerprint density at radius 1 is 1.35 bits per heavy atom. The summed E-state index contributed by atoms with van der Waals surface area (Å²) in [5, 5.41) is 11.1. The molecule has 1 aromatic carbocycles. The average molecular weight is 385 g/mol. The van der Waals surface area contributed by atoms with Gasteiger partial charge in [-0.05, 0) is 33.3 Å². The number of para-hydroxylation sites is 1. The van der Waals surface area contributed by atoms with E-state index in [1.807, 2.05) is 0 Å². The fraction of sp³-hybridized carbons (Fsp3) is 0.562. The molecule has 0 N–H and O–H groups in total. The second-order valence-electron chi connectivity index (χ2n) is 7.11. The second kappa shape index (κ2) is 7.20. The summed E-state index contributed by atoms with van der Waals surface area (Å²) in [6, 6.07) is 4.74. The molecule has 0 aliphatic carbocycles. The van der Waals surface area contributed by atoms with Crippen LogP contribution in [0, 0.1) is 10.1 Å². The molecule has 1 amide bonds. The van der Waals surface area contributed by atoms with Crippen molar-refractivity contribution in [3.05, 3.63) is 34.4 Å². The zero-order valence-corrected chi connectivity index (χ0v) is 16.0. The minimum Gasteiger partial charge on any atom is -0.444 e. The molecule has 1 aliphatic rings. The number of rotatable bonds is 4. The lowest BCUT2D eigenvalue weighted by atomic mass is 10.2. The Morgan fingerprint density at radius 3 is 2.54 bits per heavy atom. The van der Waals surface area contributed by atoms with Gasteiger partial charge in [0.2, 0.25) is 10.0 Å². The van der Waals surface area contributed by atoms with E-state index < -0.39 is 38.4 Å². The Kier molecular flexibility index (Phi) is 5.57. The van der Waals surface area contributed by atoms with Crippen LogP contribution in [0.1, 0.15) is 27.2 Å². The number of carbonyl (C=O) groups is 1. The number of hydrogen-bond acceptors (Lipinski definition) is 6. The SMILES string of the molecule is CN(C1CCN(C(=O)OC(C)(C)C)C1)S(=O)(=O)c1ccccc1[N+](=O)[O-]. The van der Waals surface area contributed by atoms with E-state index in [-0.39, 0.29) is 11.4 Å². The molecule has 1 fully saturated rings. The van der Waals surface area contributed by atoms with Crippen molar-refractivity contribution in [2.45, 2.75) is 43.7 Å². The van der Waals surface area contributed by atoms with Crippen molar-refractivity contribution in [2.75, 3.05) is 20.1 Å². The Morgan fingerprint density at radius 2 is 1.96 bits per heavy atom. The third kappa shape index (κ3) is 4.31. The lowest BCUT2D eigenvalue weighted by Crippen LogP contribution is -2.41. The number of nitro benzene ring substituents is 1. The highest BCUT2D eigenvalue weighted by molar-refractivity contribution is 7.89. The molecule has 0 bridgehead atoms. The molecule has 0 aromatic heterocycles. The van der Waals surface area contributed by atoms with Crippen LogP contribution in [0.25, 0.3) is 0 Å². The molecule has 2 rings (SSSR count). The van der Waals surface area contributed by atoms with Crippen LogP contribution in [-0.2, 0) is 14.8 Å². The fourth-order valence-electron chi connectivity index (χ4n) is 2.71. The van der Waals surface area contributed by atoms with Crippen LogP contribution in [0.3, 0.4) is 0 Å².